The molecule has 0 bridgehead atoms. The average Bonchev–Trinajstić information content (AvgIpc) is 2.92. The summed E-state index contributed by atoms with van der Waals surface area (Å²) in [6.45, 7) is 19.2. The summed E-state index contributed by atoms with van der Waals surface area (Å²) >= 11 is 0. The molecule has 2 aliphatic carbocycles. The molecule has 164 valence electrons. The largest absolute Gasteiger partial charge is 0.466 e. The van der Waals surface area contributed by atoms with E-state index in [0.29, 0.717) is 37.6 Å². The molecule has 5 heteroatoms. The van der Waals surface area contributed by atoms with E-state index in [1.807, 2.05) is 6.92 Å². The number of fused-ring (bicyclic) bond motifs is 1. The van der Waals surface area contributed by atoms with Crippen LogP contribution in [0.1, 0.15) is 80.1 Å². The topological polar surface area (TPSA) is 44.8 Å². The molecule has 0 aromatic rings. The Labute approximate surface area is 174 Å². The molecule has 28 heavy (non-hydrogen) atoms. The molecule has 5 atom stereocenters. The van der Waals surface area contributed by atoms with Gasteiger partial charge < -0.3 is 13.9 Å². The van der Waals surface area contributed by atoms with E-state index in [1.54, 1.807) is 0 Å². The lowest BCUT2D eigenvalue weighted by Crippen LogP contribution is -2.50. The lowest BCUT2D eigenvalue weighted by molar-refractivity contribution is -0.145. The number of carbonyl (C=O) groups is 1. The minimum Gasteiger partial charge on any atom is -0.466 e. The van der Waals surface area contributed by atoms with Crippen LogP contribution in [0.4, 0.5) is 0 Å². The predicted molar refractivity (Wildman–Crippen MR) is 117 cm³/mol. The second-order valence-corrected chi connectivity index (χ2v) is 15.5. The molecule has 0 aromatic carbocycles. The van der Waals surface area contributed by atoms with Crippen LogP contribution in [0.25, 0.3) is 0 Å². The fraction of sp³-hybridized carbons (Fsp3) is 0.957. The van der Waals surface area contributed by atoms with E-state index in [0.717, 1.165) is 0 Å². The number of rotatable bonds is 8. The zero-order chi connectivity index (χ0) is 21.2. The minimum absolute atomic E-state index is 0.161. The van der Waals surface area contributed by atoms with E-state index in [2.05, 4.69) is 47.7 Å². The maximum atomic E-state index is 11.6. The Kier molecular flexibility index (Phi) is 7.83. The summed E-state index contributed by atoms with van der Waals surface area (Å²) in [6.07, 6.45) is 7.10. The van der Waals surface area contributed by atoms with Crippen LogP contribution in [0.15, 0.2) is 0 Å². The summed E-state index contributed by atoms with van der Waals surface area (Å²) < 4.78 is 18.1. The van der Waals surface area contributed by atoms with Crippen LogP contribution in [0.3, 0.4) is 0 Å². The van der Waals surface area contributed by atoms with Gasteiger partial charge in [-0.3, -0.25) is 4.79 Å². The Balaban J connectivity index is 1.99. The molecule has 4 unspecified atom stereocenters. The van der Waals surface area contributed by atoms with Crippen LogP contribution >= 0.6 is 0 Å². The standard InChI is InChI=1S/C23H44O4Si/c1-9-25-21(24)14-16-26-17(2)18-12-13-19-20(11-10-15-23(18,19)6)27-28(7,8)22(3,4)5/h17-20H,9-16H2,1-8H3/t17?,18?,19?,20?,23-/m1/s1. The van der Waals surface area contributed by atoms with Crippen LogP contribution in [0.5, 0.6) is 0 Å². The van der Waals surface area contributed by atoms with Crippen molar-refractivity contribution in [2.75, 3.05) is 13.2 Å². The first-order valence-electron chi connectivity index (χ1n) is 11.4. The Morgan fingerprint density at radius 2 is 1.89 bits per heavy atom. The fourth-order valence-corrected chi connectivity index (χ4v) is 6.70. The number of carbonyl (C=O) groups excluding carboxylic acids is 1. The Bertz CT molecular complexity index is 527. The van der Waals surface area contributed by atoms with Gasteiger partial charge in [-0.1, -0.05) is 34.1 Å². The third kappa shape index (κ3) is 5.20. The van der Waals surface area contributed by atoms with Gasteiger partial charge in [0.1, 0.15) is 0 Å². The SMILES string of the molecule is CCOC(=O)CCOC(C)C1CCC2C(O[Si](C)(C)C(C)(C)C)CCC[C@]12C. The molecular weight excluding hydrogens is 368 g/mol. The van der Waals surface area contributed by atoms with Crippen molar-refractivity contribution in [3.8, 4) is 0 Å². The first-order valence-corrected chi connectivity index (χ1v) is 14.3. The highest BCUT2D eigenvalue weighted by atomic mass is 28.4. The molecule has 2 saturated carbocycles. The zero-order valence-corrected chi connectivity index (χ0v) is 20.6. The van der Waals surface area contributed by atoms with Crippen molar-refractivity contribution < 1.29 is 18.7 Å². The summed E-state index contributed by atoms with van der Waals surface area (Å²) in [6, 6.07) is 0. The molecule has 2 aliphatic rings. The van der Waals surface area contributed by atoms with Gasteiger partial charge in [0, 0.05) is 6.10 Å². The van der Waals surface area contributed by atoms with E-state index in [1.165, 1.54) is 32.1 Å². The van der Waals surface area contributed by atoms with Crippen molar-refractivity contribution in [2.45, 2.75) is 110 Å². The van der Waals surface area contributed by atoms with E-state index in [9.17, 15) is 4.79 Å². The highest BCUT2D eigenvalue weighted by Crippen LogP contribution is 2.58. The molecule has 0 aliphatic heterocycles. The summed E-state index contributed by atoms with van der Waals surface area (Å²) in [5.74, 6) is 1.02. The first-order chi connectivity index (χ1) is 12.9. The fourth-order valence-electron chi connectivity index (χ4n) is 5.30. The Morgan fingerprint density at radius 1 is 1.21 bits per heavy atom. The predicted octanol–water partition coefficient (Wildman–Crippen LogP) is 5.95. The van der Waals surface area contributed by atoms with Crippen LogP contribution < -0.4 is 0 Å². The normalized spacial score (nSPS) is 32.1. The van der Waals surface area contributed by atoms with Crippen molar-refractivity contribution in [1.29, 1.82) is 0 Å². The van der Waals surface area contributed by atoms with Gasteiger partial charge in [0.2, 0.25) is 0 Å². The van der Waals surface area contributed by atoms with Gasteiger partial charge in [0.25, 0.3) is 0 Å². The Hall–Kier alpha value is -0.393. The second-order valence-electron chi connectivity index (χ2n) is 10.7. The molecule has 2 rings (SSSR count). The third-order valence-corrected chi connectivity index (χ3v) is 12.5. The van der Waals surface area contributed by atoms with E-state index < -0.39 is 8.32 Å². The maximum Gasteiger partial charge on any atom is 0.308 e. The van der Waals surface area contributed by atoms with Gasteiger partial charge in [0.05, 0.1) is 25.7 Å². The van der Waals surface area contributed by atoms with Gasteiger partial charge in [0.15, 0.2) is 8.32 Å². The van der Waals surface area contributed by atoms with Gasteiger partial charge in [-0.25, -0.2) is 0 Å². The summed E-state index contributed by atoms with van der Waals surface area (Å²) in [5.41, 5.74) is 0.286. The number of ether oxygens (including phenoxy) is 2. The van der Waals surface area contributed by atoms with Gasteiger partial charge in [-0.15, -0.1) is 0 Å². The molecule has 4 nitrogen and oxygen atoms in total. The quantitative estimate of drug-likeness (QED) is 0.365. The summed E-state index contributed by atoms with van der Waals surface area (Å²) in [7, 11) is -1.76. The number of hydrogen-bond acceptors (Lipinski definition) is 4. The van der Waals surface area contributed by atoms with Crippen molar-refractivity contribution in [3.05, 3.63) is 0 Å². The smallest absolute Gasteiger partial charge is 0.308 e. The Morgan fingerprint density at radius 3 is 2.50 bits per heavy atom. The molecule has 0 heterocycles. The number of esters is 1. The lowest BCUT2D eigenvalue weighted by Gasteiger charge is -2.49. The molecule has 2 fully saturated rings. The third-order valence-electron chi connectivity index (χ3n) is 7.95. The van der Waals surface area contributed by atoms with Crippen molar-refractivity contribution in [3.63, 3.8) is 0 Å². The van der Waals surface area contributed by atoms with Gasteiger partial charge in [-0.2, -0.15) is 0 Å². The molecule has 0 radical (unpaired) electrons. The van der Waals surface area contributed by atoms with Crippen LogP contribution in [-0.2, 0) is 18.7 Å². The van der Waals surface area contributed by atoms with E-state index in [4.69, 9.17) is 13.9 Å². The molecule has 0 aromatic heterocycles. The van der Waals surface area contributed by atoms with Crippen molar-refractivity contribution >= 4 is 14.3 Å². The van der Waals surface area contributed by atoms with E-state index >= 15 is 0 Å². The first kappa shape index (κ1) is 23.9. The van der Waals surface area contributed by atoms with Crippen LogP contribution in [-0.4, -0.2) is 39.7 Å². The van der Waals surface area contributed by atoms with Crippen molar-refractivity contribution in [2.24, 2.45) is 17.3 Å². The average molecular weight is 413 g/mol. The molecular formula is C23H44O4Si. The highest BCUT2D eigenvalue weighted by Gasteiger charge is 2.54. The van der Waals surface area contributed by atoms with Crippen LogP contribution in [0, 0.1) is 17.3 Å². The van der Waals surface area contributed by atoms with Gasteiger partial charge in [-0.05, 0) is 74.9 Å². The maximum absolute atomic E-state index is 11.6. The molecule has 0 saturated heterocycles. The highest BCUT2D eigenvalue weighted by molar-refractivity contribution is 6.74. The molecule has 0 N–H and O–H groups in total. The second kappa shape index (κ2) is 9.17. The van der Waals surface area contributed by atoms with Crippen LogP contribution in [0.2, 0.25) is 18.1 Å². The molecule has 0 spiro atoms. The minimum atomic E-state index is -1.76. The molecule has 0 amide bonds. The summed E-state index contributed by atoms with van der Waals surface area (Å²) in [4.78, 5) is 11.6. The lowest BCUT2D eigenvalue weighted by atomic mass is 9.63. The van der Waals surface area contributed by atoms with Gasteiger partial charge >= 0.3 is 5.97 Å². The monoisotopic (exact) mass is 412 g/mol. The van der Waals surface area contributed by atoms with Crippen molar-refractivity contribution in [1.82, 2.24) is 0 Å². The zero-order valence-electron chi connectivity index (χ0n) is 19.6. The summed E-state index contributed by atoms with van der Waals surface area (Å²) in [5, 5.41) is 0.252. The number of hydrogen-bond donors (Lipinski definition) is 0. The van der Waals surface area contributed by atoms with E-state index in [-0.39, 0.29) is 22.5 Å².